The van der Waals surface area contributed by atoms with E-state index < -0.39 is 0 Å². The number of rotatable bonds is 3. The van der Waals surface area contributed by atoms with E-state index in [1.807, 2.05) is 0 Å². The number of esters is 1. The van der Waals surface area contributed by atoms with Crippen LogP contribution in [0.15, 0.2) is 22.8 Å². The van der Waals surface area contributed by atoms with Crippen LogP contribution in [0.4, 0.5) is 0 Å². The van der Waals surface area contributed by atoms with E-state index in [1.165, 1.54) is 4.57 Å². The smallest absolute Gasteiger partial charge is 0.325 e. The van der Waals surface area contributed by atoms with Crippen molar-refractivity contribution in [2.24, 2.45) is 0 Å². The van der Waals surface area contributed by atoms with Crippen LogP contribution in [-0.2, 0) is 16.1 Å². The normalized spacial score (nSPS) is 9.86. The fourth-order valence-corrected chi connectivity index (χ4v) is 1.32. The summed E-state index contributed by atoms with van der Waals surface area (Å²) in [6, 6.07) is 3.40. The second-order valence-electron chi connectivity index (χ2n) is 2.66. The topological polar surface area (TPSA) is 55.1 Å². The van der Waals surface area contributed by atoms with E-state index >= 15 is 0 Å². The van der Waals surface area contributed by atoms with Crippen LogP contribution < -0.4 is 5.49 Å². The molecule has 0 aliphatic heterocycles. The largest absolute Gasteiger partial charge is 0.465 e. The number of pyridine rings is 1. The molecule has 0 bridgehead atoms. The van der Waals surface area contributed by atoms with Crippen LogP contribution in [0, 0.1) is 5.41 Å². The van der Waals surface area contributed by atoms with Gasteiger partial charge in [-0.25, -0.2) is 0 Å². The second kappa shape index (κ2) is 4.95. The van der Waals surface area contributed by atoms with Crippen molar-refractivity contribution in [1.29, 1.82) is 5.41 Å². The lowest BCUT2D eigenvalue weighted by Gasteiger charge is -2.05. The van der Waals surface area contributed by atoms with Gasteiger partial charge in [0.2, 0.25) is 0 Å². The SMILES string of the molecule is CCOC(=O)Cn1ccc(Br)cc1=N. The predicted molar refractivity (Wildman–Crippen MR) is 54.6 cm³/mol. The Morgan fingerprint density at radius 1 is 1.71 bits per heavy atom. The fraction of sp³-hybridized carbons (Fsp3) is 0.333. The van der Waals surface area contributed by atoms with Gasteiger partial charge < -0.3 is 9.30 Å². The Bertz CT molecular complexity index is 387. The molecule has 1 heterocycles. The Labute approximate surface area is 90.1 Å². The Hall–Kier alpha value is -1.10. The number of hydrogen-bond acceptors (Lipinski definition) is 3. The zero-order valence-corrected chi connectivity index (χ0v) is 9.37. The summed E-state index contributed by atoms with van der Waals surface area (Å²) >= 11 is 3.24. The number of hydrogen-bond donors (Lipinski definition) is 1. The van der Waals surface area contributed by atoms with Crippen LogP contribution in [0.5, 0.6) is 0 Å². The zero-order valence-electron chi connectivity index (χ0n) is 7.79. The van der Waals surface area contributed by atoms with Crippen LogP contribution in [0.3, 0.4) is 0 Å². The number of nitrogens with one attached hydrogen (secondary N) is 1. The van der Waals surface area contributed by atoms with Gasteiger partial charge >= 0.3 is 5.97 Å². The third-order valence-corrected chi connectivity index (χ3v) is 2.10. The Morgan fingerprint density at radius 2 is 2.43 bits per heavy atom. The van der Waals surface area contributed by atoms with Crippen molar-refractivity contribution in [3.63, 3.8) is 0 Å². The highest BCUT2D eigenvalue weighted by molar-refractivity contribution is 9.10. The molecule has 14 heavy (non-hydrogen) atoms. The van der Waals surface area contributed by atoms with Gasteiger partial charge in [0.15, 0.2) is 0 Å². The monoisotopic (exact) mass is 258 g/mol. The Balaban J connectivity index is 2.77. The van der Waals surface area contributed by atoms with Gasteiger partial charge in [0.05, 0.1) is 6.61 Å². The molecule has 0 aliphatic rings. The molecule has 0 aliphatic carbocycles. The number of nitrogens with zero attached hydrogens (tertiary/aromatic N) is 1. The lowest BCUT2D eigenvalue weighted by atomic mass is 10.4. The summed E-state index contributed by atoms with van der Waals surface area (Å²) in [5.41, 5.74) is 0.271. The quantitative estimate of drug-likeness (QED) is 0.831. The average molecular weight is 259 g/mol. The molecule has 0 spiro atoms. The molecule has 1 N–H and O–H groups in total. The summed E-state index contributed by atoms with van der Waals surface area (Å²) in [6.07, 6.45) is 1.67. The van der Waals surface area contributed by atoms with Crippen molar-refractivity contribution in [3.05, 3.63) is 28.3 Å². The Morgan fingerprint density at radius 3 is 3.00 bits per heavy atom. The molecular weight excluding hydrogens is 248 g/mol. The molecule has 5 heteroatoms. The number of halogens is 1. The molecular formula is C9H11BrN2O2. The van der Waals surface area contributed by atoms with Gasteiger partial charge in [0, 0.05) is 10.7 Å². The molecule has 0 atom stereocenters. The van der Waals surface area contributed by atoms with Crippen molar-refractivity contribution in [2.45, 2.75) is 13.5 Å². The van der Waals surface area contributed by atoms with E-state index in [0.717, 1.165) is 4.47 Å². The summed E-state index contributed by atoms with van der Waals surface area (Å²) in [6.45, 7) is 2.20. The molecule has 0 amide bonds. The maximum atomic E-state index is 11.1. The highest BCUT2D eigenvalue weighted by Gasteiger charge is 2.02. The van der Waals surface area contributed by atoms with Gasteiger partial charge in [-0.2, -0.15) is 0 Å². The molecule has 1 aromatic heterocycles. The van der Waals surface area contributed by atoms with Crippen LogP contribution in [0.1, 0.15) is 6.92 Å². The van der Waals surface area contributed by atoms with E-state index in [9.17, 15) is 4.79 Å². The third-order valence-electron chi connectivity index (χ3n) is 1.60. The summed E-state index contributed by atoms with van der Waals surface area (Å²) in [5, 5.41) is 7.56. The van der Waals surface area contributed by atoms with Crippen molar-refractivity contribution < 1.29 is 9.53 Å². The lowest BCUT2D eigenvalue weighted by molar-refractivity contribution is -0.143. The van der Waals surface area contributed by atoms with Crippen molar-refractivity contribution in [3.8, 4) is 0 Å². The molecule has 0 radical (unpaired) electrons. The first kappa shape index (κ1) is 11.0. The van der Waals surface area contributed by atoms with Crippen LogP contribution in [0.2, 0.25) is 0 Å². The van der Waals surface area contributed by atoms with E-state index in [2.05, 4.69) is 15.9 Å². The third kappa shape index (κ3) is 2.99. The van der Waals surface area contributed by atoms with E-state index in [1.54, 1.807) is 25.3 Å². The number of ether oxygens (including phenoxy) is 1. The first-order valence-corrected chi connectivity index (χ1v) is 4.99. The van der Waals surface area contributed by atoms with Gasteiger partial charge in [0.25, 0.3) is 0 Å². The van der Waals surface area contributed by atoms with Crippen molar-refractivity contribution in [1.82, 2.24) is 4.57 Å². The lowest BCUT2D eigenvalue weighted by Crippen LogP contribution is -2.24. The molecule has 1 aromatic rings. The molecule has 0 saturated heterocycles. The highest BCUT2D eigenvalue weighted by Crippen LogP contribution is 2.03. The maximum Gasteiger partial charge on any atom is 0.325 e. The predicted octanol–water partition coefficient (Wildman–Crippen LogP) is 1.29. The second-order valence-corrected chi connectivity index (χ2v) is 3.58. The Kier molecular flexibility index (Phi) is 3.88. The zero-order chi connectivity index (χ0) is 10.6. The maximum absolute atomic E-state index is 11.1. The number of carbonyl (C=O) groups excluding carboxylic acids is 1. The average Bonchev–Trinajstić information content (AvgIpc) is 2.10. The summed E-state index contributed by atoms with van der Waals surface area (Å²) < 4.78 is 7.11. The van der Waals surface area contributed by atoms with Crippen molar-refractivity contribution >= 4 is 21.9 Å². The van der Waals surface area contributed by atoms with E-state index in [-0.39, 0.29) is 18.0 Å². The summed E-state index contributed by atoms with van der Waals surface area (Å²) in [4.78, 5) is 11.1. The van der Waals surface area contributed by atoms with Crippen molar-refractivity contribution in [2.75, 3.05) is 6.61 Å². The van der Waals surface area contributed by atoms with Crippen LogP contribution in [0.25, 0.3) is 0 Å². The highest BCUT2D eigenvalue weighted by atomic mass is 79.9. The molecule has 0 saturated carbocycles. The molecule has 0 unspecified atom stereocenters. The van der Waals surface area contributed by atoms with Gasteiger partial charge in [0.1, 0.15) is 12.0 Å². The van der Waals surface area contributed by atoms with Crippen LogP contribution in [-0.4, -0.2) is 17.1 Å². The number of carbonyl (C=O) groups is 1. The van der Waals surface area contributed by atoms with Gasteiger partial charge in [-0.1, -0.05) is 15.9 Å². The first-order valence-electron chi connectivity index (χ1n) is 4.19. The molecule has 0 fully saturated rings. The van der Waals surface area contributed by atoms with Gasteiger partial charge in [-0.15, -0.1) is 0 Å². The van der Waals surface area contributed by atoms with Gasteiger partial charge in [-0.3, -0.25) is 10.2 Å². The first-order chi connectivity index (χ1) is 6.63. The number of aromatic nitrogens is 1. The van der Waals surface area contributed by atoms with Gasteiger partial charge in [-0.05, 0) is 19.1 Å². The minimum Gasteiger partial charge on any atom is -0.465 e. The summed E-state index contributed by atoms with van der Waals surface area (Å²) in [5.74, 6) is -0.326. The minimum atomic E-state index is -0.326. The summed E-state index contributed by atoms with van der Waals surface area (Å²) in [7, 11) is 0. The standard InChI is InChI=1S/C9H11BrN2O2/c1-2-14-9(13)6-12-4-3-7(10)5-8(12)11/h3-5,11H,2,6H2,1H3. The molecule has 76 valence electrons. The van der Waals surface area contributed by atoms with E-state index in [4.69, 9.17) is 10.1 Å². The van der Waals surface area contributed by atoms with E-state index in [0.29, 0.717) is 6.61 Å². The van der Waals surface area contributed by atoms with Crippen LogP contribution >= 0.6 is 15.9 Å². The fourth-order valence-electron chi connectivity index (χ4n) is 0.987. The molecule has 0 aromatic carbocycles. The molecule has 1 rings (SSSR count). The minimum absolute atomic E-state index is 0.0833. The molecule has 4 nitrogen and oxygen atoms in total.